The number of halogens is 1. The molecule has 1 amide bonds. The zero-order chi connectivity index (χ0) is 21.1. The number of rotatable bonds is 5. The van der Waals surface area contributed by atoms with Gasteiger partial charge in [-0.3, -0.25) is 4.79 Å². The van der Waals surface area contributed by atoms with E-state index in [1.54, 1.807) is 36.4 Å². The van der Waals surface area contributed by atoms with Crippen molar-refractivity contribution in [1.82, 2.24) is 0 Å². The zero-order valence-corrected chi connectivity index (χ0v) is 17.0. The molecule has 1 heterocycles. The maximum absolute atomic E-state index is 12.5. The highest BCUT2D eigenvalue weighted by Crippen LogP contribution is 2.33. The summed E-state index contributed by atoms with van der Waals surface area (Å²) >= 11 is 5.94. The fraction of sp³-hybridized carbons (Fsp3) is 0.167. The first kappa shape index (κ1) is 20.0. The summed E-state index contributed by atoms with van der Waals surface area (Å²) in [6, 6.07) is 21.9. The van der Waals surface area contributed by atoms with Gasteiger partial charge in [0.15, 0.2) is 0 Å². The van der Waals surface area contributed by atoms with Crippen molar-refractivity contribution in [3.63, 3.8) is 0 Å². The van der Waals surface area contributed by atoms with E-state index in [1.165, 1.54) is 11.6 Å². The molecular weight excluding hydrogens is 400 g/mol. The number of carbonyl (C=O) groups excluding carboxylic acids is 1. The lowest BCUT2D eigenvalue weighted by molar-refractivity contribution is 0.0697. The summed E-state index contributed by atoms with van der Waals surface area (Å²) in [7, 11) is 0. The summed E-state index contributed by atoms with van der Waals surface area (Å²) in [4.78, 5) is 26.5. The van der Waals surface area contributed by atoms with Crippen molar-refractivity contribution in [3.05, 3.63) is 94.5 Å². The van der Waals surface area contributed by atoms with E-state index in [1.807, 2.05) is 18.2 Å². The van der Waals surface area contributed by atoms with Crippen LogP contribution in [0.4, 0.5) is 11.4 Å². The number of nitrogens with one attached hydrogen (secondary N) is 1. The van der Waals surface area contributed by atoms with Crippen molar-refractivity contribution in [1.29, 1.82) is 0 Å². The van der Waals surface area contributed by atoms with Crippen LogP contribution < -0.4 is 10.2 Å². The van der Waals surface area contributed by atoms with Crippen LogP contribution in [0.2, 0.25) is 5.02 Å². The molecule has 2 N–H and O–H groups in total. The minimum atomic E-state index is -1.02. The first-order valence-electron chi connectivity index (χ1n) is 9.75. The van der Waals surface area contributed by atoms with Crippen LogP contribution in [0.5, 0.6) is 0 Å². The van der Waals surface area contributed by atoms with Gasteiger partial charge in [-0.15, -0.1) is 0 Å². The van der Waals surface area contributed by atoms with Gasteiger partial charge in [0.05, 0.1) is 11.3 Å². The number of hydrogen-bond donors (Lipinski definition) is 2. The molecule has 1 atom stereocenters. The summed E-state index contributed by atoms with van der Waals surface area (Å²) in [6.07, 6.45) is 0.969. The molecule has 1 saturated heterocycles. The van der Waals surface area contributed by atoms with Crippen LogP contribution in [0.25, 0.3) is 0 Å². The number of aromatic carboxylic acids is 1. The second-order valence-electron chi connectivity index (χ2n) is 7.34. The van der Waals surface area contributed by atoms with Gasteiger partial charge in [-0.2, -0.15) is 0 Å². The lowest BCUT2D eigenvalue weighted by Gasteiger charge is -2.21. The van der Waals surface area contributed by atoms with E-state index in [0.29, 0.717) is 27.9 Å². The Morgan fingerprint density at radius 3 is 2.53 bits per heavy atom. The Balaban J connectivity index is 1.54. The highest BCUT2D eigenvalue weighted by molar-refractivity contribution is 6.31. The third kappa shape index (κ3) is 4.31. The minimum absolute atomic E-state index is 0.174. The summed E-state index contributed by atoms with van der Waals surface area (Å²) in [5.74, 6) is -0.992. The molecule has 0 bridgehead atoms. The van der Waals surface area contributed by atoms with Crippen molar-refractivity contribution >= 4 is 34.9 Å². The van der Waals surface area contributed by atoms with Crippen molar-refractivity contribution in [2.75, 3.05) is 23.3 Å². The van der Waals surface area contributed by atoms with Gasteiger partial charge in [0.25, 0.3) is 5.91 Å². The predicted octanol–water partition coefficient (Wildman–Crippen LogP) is 5.28. The summed E-state index contributed by atoms with van der Waals surface area (Å²) in [5, 5.41) is 13.0. The number of nitrogens with zero attached hydrogens (tertiary/aromatic N) is 1. The second kappa shape index (κ2) is 8.59. The number of hydrogen-bond acceptors (Lipinski definition) is 3. The molecule has 30 heavy (non-hydrogen) atoms. The third-order valence-corrected chi connectivity index (χ3v) is 5.61. The Morgan fingerprint density at radius 2 is 1.80 bits per heavy atom. The van der Waals surface area contributed by atoms with Gasteiger partial charge in [-0.05, 0) is 48.4 Å². The third-order valence-electron chi connectivity index (χ3n) is 5.37. The maximum Gasteiger partial charge on any atom is 0.337 e. The molecule has 152 valence electrons. The molecule has 1 aliphatic heterocycles. The van der Waals surface area contributed by atoms with Gasteiger partial charge in [0, 0.05) is 35.3 Å². The molecule has 0 unspecified atom stereocenters. The molecule has 6 heteroatoms. The standard InChI is InChI=1S/C24H21ClN2O3/c25-19-8-4-7-17(13-19)23(28)26-20-9-10-22(21(14-20)24(29)30)27-12-11-18(15-27)16-5-2-1-3-6-16/h1-10,13-14,18H,11-12,15H2,(H,26,28)(H,29,30)/t18-/m1/s1. The Kier molecular flexibility index (Phi) is 5.72. The van der Waals surface area contributed by atoms with Crippen LogP contribution in [-0.4, -0.2) is 30.1 Å². The van der Waals surface area contributed by atoms with Gasteiger partial charge < -0.3 is 15.3 Å². The summed E-state index contributed by atoms with van der Waals surface area (Å²) in [6.45, 7) is 1.55. The van der Waals surface area contributed by atoms with E-state index in [2.05, 4.69) is 22.3 Å². The SMILES string of the molecule is O=C(Nc1ccc(N2CC[C@@H](c3ccccc3)C2)c(C(=O)O)c1)c1cccc(Cl)c1. The minimum Gasteiger partial charge on any atom is -0.478 e. The highest BCUT2D eigenvalue weighted by atomic mass is 35.5. The van der Waals surface area contributed by atoms with E-state index >= 15 is 0 Å². The Labute approximate surface area is 179 Å². The van der Waals surface area contributed by atoms with E-state index < -0.39 is 5.97 Å². The van der Waals surface area contributed by atoms with E-state index in [9.17, 15) is 14.7 Å². The number of anilines is 2. The molecule has 0 spiro atoms. The van der Waals surface area contributed by atoms with Crippen molar-refractivity contribution in [2.45, 2.75) is 12.3 Å². The van der Waals surface area contributed by atoms with Gasteiger partial charge in [-0.1, -0.05) is 48.0 Å². The topological polar surface area (TPSA) is 69.6 Å². The monoisotopic (exact) mass is 420 g/mol. The van der Waals surface area contributed by atoms with Crippen LogP contribution >= 0.6 is 11.6 Å². The fourth-order valence-corrected chi connectivity index (χ4v) is 4.06. The van der Waals surface area contributed by atoms with Crippen molar-refractivity contribution in [3.8, 4) is 0 Å². The van der Waals surface area contributed by atoms with E-state index in [-0.39, 0.29) is 11.5 Å². The molecule has 0 aromatic heterocycles. The Morgan fingerprint density at radius 1 is 1.00 bits per heavy atom. The molecule has 4 rings (SSSR count). The average molecular weight is 421 g/mol. The molecule has 0 radical (unpaired) electrons. The second-order valence-corrected chi connectivity index (χ2v) is 7.78. The smallest absolute Gasteiger partial charge is 0.337 e. The quantitative estimate of drug-likeness (QED) is 0.588. The number of carboxylic acid groups (broad SMARTS) is 1. The van der Waals surface area contributed by atoms with Gasteiger partial charge in [0.2, 0.25) is 0 Å². The van der Waals surface area contributed by atoms with E-state index in [0.717, 1.165) is 19.5 Å². The fourth-order valence-electron chi connectivity index (χ4n) is 3.87. The largest absolute Gasteiger partial charge is 0.478 e. The number of carbonyl (C=O) groups is 2. The van der Waals surface area contributed by atoms with Gasteiger partial charge in [0.1, 0.15) is 0 Å². The highest BCUT2D eigenvalue weighted by Gasteiger charge is 2.27. The molecule has 5 nitrogen and oxygen atoms in total. The van der Waals surface area contributed by atoms with Crippen molar-refractivity contribution < 1.29 is 14.7 Å². The molecule has 3 aromatic carbocycles. The summed E-state index contributed by atoms with van der Waals surface area (Å²) in [5.41, 5.74) is 2.95. The van der Waals surface area contributed by atoms with Crippen LogP contribution in [0, 0.1) is 0 Å². The number of amides is 1. The normalized spacial score (nSPS) is 15.8. The first-order chi connectivity index (χ1) is 14.5. The number of carboxylic acids is 1. The van der Waals surface area contributed by atoms with Crippen LogP contribution in [0.1, 0.15) is 38.6 Å². The summed E-state index contributed by atoms with van der Waals surface area (Å²) < 4.78 is 0. The lowest BCUT2D eigenvalue weighted by atomic mass is 9.99. The molecule has 1 aliphatic rings. The van der Waals surface area contributed by atoms with E-state index in [4.69, 9.17) is 11.6 Å². The molecule has 0 saturated carbocycles. The molecular formula is C24H21ClN2O3. The van der Waals surface area contributed by atoms with Crippen LogP contribution in [0.3, 0.4) is 0 Å². The number of benzene rings is 3. The Bertz CT molecular complexity index is 1080. The Hall–Kier alpha value is -3.31. The van der Waals surface area contributed by atoms with Crippen LogP contribution in [0.15, 0.2) is 72.8 Å². The van der Waals surface area contributed by atoms with Gasteiger partial charge >= 0.3 is 5.97 Å². The average Bonchev–Trinajstić information content (AvgIpc) is 3.24. The van der Waals surface area contributed by atoms with Crippen LogP contribution in [-0.2, 0) is 0 Å². The molecule has 1 fully saturated rings. The first-order valence-corrected chi connectivity index (χ1v) is 10.1. The maximum atomic E-state index is 12.5. The molecule has 3 aromatic rings. The van der Waals surface area contributed by atoms with Gasteiger partial charge in [-0.25, -0.2) is 4.79 Å². The van der Waals surface area contributed by atoms with Crippen molar-refractivity contribution in [2.24, 2.45) is 0 Å². The lowest BCUT2D eigenvalue weighted by Crippen LogP contribution is -2.22. The zero-order valence-electron chi connectivity index (χ0n) is 16.2. The predicted molar refractivity (Wildman–Crippen MR) is 119 cm³/mol. The molecule has 0 aliphatic carbocycles.